The Balaban J connectivity index is 1.92. The molecule has 33 heavy (non-hydrogen) atoms. The molecule has 0 aliphatic carbocycles. The molecule has 0 spiro atoms. The largest absolute Gasteiger partial charge is 0.369 e. The van der Waals surface area contributed by atoms with Crippen LogP contribution in [0.15, 0.2) is 63.2 Å². The summed E-state index contributed by atoms with van der Waals surface area (Å²) in [6, 6.07) is 10.9. The Labute approximate surface area is 194 Å². The van der Waals surface area contributed by atoms with Gasteiger partial charge in [0.25, 0.3) is 0 Å². The van der Waals surface area contributed by atoms with Crippen LogP contribution >= 0.6 is 0 Å². The first kappa shape index (κ1) is 23.5. The number of hydrogen-bond acceptors (Lipinski definition) is 4. The number of pyridine rings is 1. The van der Waals surface area contributed by atoms with Gasteiger partial charge < -0.3 is 9.47 Å². The molecule has 2 heterocycles. The summed E-state index contributed by atoms with van der Waals surface area (Å²) in [6.07, 6.45) is 4.26. The van der Waals surface area contributed by atoms with Crippen LogP contribution in [-0.2, 0) is 16.4 Å². The van der Waals surface area contributed by atoms with Crippen LogP contribution in [-0.4, -0.2) is 26.1 Å². The van der Waals surface area contributed by atoms with Crippen LogP contribution in [0.3, 0.4) is 0 Å². The van der Waals surface area contributed by atoms with Gasteiger partial charge in [0, 0.05) is 25.8 Å². The summed E-state index contributed by atoms with van der Waals surface area (Å²) in [5, 5.41) is 0.0995. The fourth-order valence-corrected chi connectivity index (χ4v) is 6.30. The van der Waals surface area contributed by atoms with Crippen LogP contribution < -0.4 is 10.3 Å². The van der Waals surface area contributed by atoms with Crippen LogP contribution in [0.5, 0.6) is 0 Å². The lowest BCUT2D eigenvalue weighted by molar-refractivity contribution is 0.354. The fraction of sp³-hybridized carbons (Fsp3) is 0.423. The second-order valence-corrected chi connectivity index (χ2v) is 11.3. The number of halogens is 1. The molecule has 0 saturated carbocycles. The molecule has 5 nitrogen and oxygen atoms in total. The van der Waals surface area contributed by atoms with Gasteiger partial charge in [-0.2, -0.15) is 0 Å². The first-order valence-electron chi connectivity index (χ1n) is 11.6. The van der Waals surface area contributed by atoms with Crippen molar-refractivity contribution in [2.75, 3.05) is 18.0 Å². The van der Waals surface area contributed by atoms with E-state index in [0.717, 1.165) is 32.4 Å². The van der Waals surface area contributed by atoms with E-state index in [-0.39, 0.29) is 15.2 Å². The highest BCUT2D eigenvalue weighted by molar-refractivity contribution is 7.91. The third-order valence-electron chi connectivity index (χ3n) is 6.42. The summed E-state index contributed by atoms with van der Waals surface area (Å²) in [5.74, 6) is 0.409. The maximum Gasteiger partial charge on any atom is 0.211 e. The lowest BCUT2D eigenvalue weighted by atomic mass is 9.91. The van der Waals surface area contributed by atoms with Gasteiger partial charge in [-0.1, -0.05) is 45.4 Å². The monoisotopic (exact) mass is 470 g/mol. The van der Waals surface area contributed by atoms with E-state index < -0.39 is 21.1 Å². The Morgan fingerprint density at radius 2 is 1.73 bits per heavy atom. The molecule has 0 N–H and O–H groups in total. The van der Waals surface area contributed by atoms with E-state index >= 15 is 4.39 Å². The fourth-order valence-electron chi connectivity index (χ4n) is 4.91. The number of sulfone groups is 1. The molecule has 3 aromatic rings. The van der Waals surface area contributed by atoms with Gasteiger partial charge >= 0.3 is 0 Å². The maximum atomic E-state index is 15.3. The number of fused-ring (bicyclic) bond motifs is 1. The Morgan fingerprint density at radius 1 is 1.06 bits per heavy atom. The first-order chi connectivity index (χ1) is 15.7. The molecule has 1 aliphatic rings. The van der Waals surface area contributed by atoms with Gasteiger partial charge in [-0.15, -0.1) is 0 Å². The lowest BCUT2D eigenvalue weighted by Crippen LogP contribution is -2.39. The van der Waals surface area contributed by atoms with Gasteiger partial charge in [-0.05, 0) is 48.9 Å². The number of nitrogens with zero attached hydrogens (tertiary/aromatic N) is 2. The van der Waals surface area contributed by atoms with Crippen molar-refractivity contribution in [3.05, 3.63) is 64.7 Å². The van der Waals surface area contributed by atoms with Gasteiger partial charge in [-0.25, -0.2) is 12.8 Å². The number of unbranched alkanes of at least 4 members (excludes halogenated alkanes) is 1. The van der Waals surface area contributed by atoms with Gasteiger partial charge in [0.1, 0.15) is 10.7 Å². The number of anilines is 1. The minimum absolute atomic E-state index is 0.0527. The molecule has 2 atom stereocenters. The van der Waals surface area contributed by atoms with E-state index in [1.165, 1.54) is 24.4 Å². The number of rotatable bonds is 6. The molecule has 0 bridgehead atoms. The Morgan fingerprint density at radius 3 is 2.36 bits per heavy atom. The Bertz CT molecular complexity index is 1310. The van der Waals surface area contributed by atoms with E-state index in [4.69, 9.17) is 0 Å². The molecule has 0 radical (unpaired) electrons. The zero-order chi connectivity index (χ0) is 23.8. The highest BCUT2D eigenvalue weighted by Crippen LogP contribution is 2.31. The minimum atomic E-state index is -4.03. The SMILES string of the molecule is CCCCn1cc(S(=O)(=O)c2ccccc2)c(=O)c2cc(F)c(N3C[C@H](C)C[C@H](C)C3)cc21. The van der Waals surface area contributed by atoms with E-state index in [1.807, 2.05) is 6.92 Å². The van der Waals surface area contributed by atoms with Crippen molar-refractivity contribution in [3.8, 4) is 0 Å². The van der Waals surface area contributed by atoms with Crippen molar-refractivity contribution >= 4 is 26.4 Å². The van der Waals surface area contributed by atoms with Crippen LogP contribution in [0.1, 0.15) is 40.0 Å². The number of piperidine rings is 1. The summed E-state index contributed by atoms with van der Waals surface area (Å²) in [4.78, 5) is 15.1. The average Bonchev–Trinajstić information content (AvgIpc) is 2.78. The molecule has 1 fully saturated rings. The Kier molecular flexibility index (Phi) is 6.61. The van der Waals surface area contributed by atoms with Crippen molar-refractivity contribution < 1.29 is 12.8 Å². The summed E-state index contributed by atoms with van der Waals surface area (Å²) in [7, 11) is -4.03. The zero-order valence-corrected chi connectivity index (χ0v) is 20.2. The summed E-state index contributed by atoms with van der Waals surface area (Å²) >= 11 is 0. The van der Waals surface area contributed by atoms with E-state index in [2.05, 4.69) is 18.7 Å². The van der Waals surface area contributed by atoms with Gasteiger partial charge in [0.2, 0.25) is 15.3 Å². The van der Waals surface area contributed by atoms with Crippen LogP contribution in [0, 0.1) is 17.7 Å². The Hall–Kier alpha value is -2.67. The van der Waals surface area contributed by atoms with Crippen molar-refractivity contribution in [2.45, 2.75) is 56.4 Å². The van der Waals surface area contributed by atoms with Gasteiger partial charge in [0.05, 0.1) is 21.5 Å². The van der Waals surface area contributed by atoms with E-state index in [0.29, 0.717) is 29.6 Å². The molecule has 7 heteroatoms. The normalized spacial score (nSPS) is 19.2. The molecular formula is C26H31FN2O3S. The predicted octanol–water partition coefficient (Wildman–Crippen LogP) is 5.26. The van der Waals surface area contributed by atoms with Gasteiger partial charge in [0.15, 0.2) is 0 Å². The molecule has 4 rings (SSSR count). The van der Waals surface area contributed by atoms with E-state index in [9.17, 15) is 13.2 Å². The molecular weight excluding hydrogens is 439 g/mol. The van der Waals surface area contributed by atoms with Crippen molar-refractivity contribution in [1.82, 2.24) is 4.57 Å². The second-order valence-electron chi connectivity index (χ2n) is 9.36. The van der Waals surface area contributed by atoms with Crippen molar-refractivity contribution in [2.24, 2.45) is 11.8 Å². The third-order valence-corrected chi connectivity index (χ3v) is 8.18. The van der Waals surface area contributed by atoms with Crippen molar-refractivity contribution in [1.29, 1.82) is 0 Å². The average molecular weight is 471 g/mol. The zero-order valence-electron chi connectivity index (χ0n) is 19.4. The minimum Gasteiger partial charge on any atom is -0.369 e. The highest BCUT2D eigenvalue weighted by Gasteiger charge is 2.27. The number of benzene rings is 2. The molecule has 1 saturated heterocycles. The molecule has 1 aliphatic heterocycles. The maximum absolute atomic E-state index is 15.3. The highest BCUT2D eigenvalue weighted by atomic mass is 32.2. The molecule has 2 aromatic carbocycles. The third kappa shape index (κ3) is 4.56. The van der Waals surface area contributed by atoms with E-state index in [1.54, 1.807) is 28.8 Å². The molecule has 176 valence electrons. The number of aromatic nitrogens is 1. The van der Waals surface area contributed by atoms with Crippen molar-refractivity contribution in [3.63, 3.8) is 0 Å². The number of aryl methyl sites for hydroxylation is 1. The van der Waals surface area contributed by atoms with Gasteiger partial charge in [-0.3, -0.25) is 4.79 Å². The lowest BCUT2D eigenvalue weighted by Gasteiger charge is -2.37. The summed E-state index contributed by atoms with van der Waals surface area (Å²) in [5.41, 5.74) is 0.388. The predicted molar refractivity (Wildman–Crippen MR) is 130 cm³/mol. The first-order valence-corrected chi connectivity index (χ1v) is 13.1. The second kappa shape index (κ2) is 9.29. The molecule has 0 amide bonds. The van der Waals surface area contributed by atoms with Crippen LogP contribution in [0.2, 0.25) is 0 Å². The summed E-state index contributed by atoms with van der Waals surface area (Å²) in [6.45, 7) is 8.44. The van der Waals surface area contributed by atoms with Crippen LogP contribution in [0.4, 0.5) is 10.1 Å². The molecule has 1 aromatic heterocycles. The summed E-state index contributed by atoms with van der Waals surface area (Å²) < 4.78 is 43.7. The smallest absolute Gasteiger partial charge is 0.211 e. The quantitative estimate of drug-likeness (QED) is 0.493. The molecule has 0 unspecified atom stereocenters. The number of hydrogen-bond donors (Lipinski definition) is 0. The van der Waals surface area contributed by atoms with Crippen LogP contribution in [0.25, 0.3) is 10.9 Å². The topological polar surface area (TPSA) is 59.4 Å². The standard InChI is InChI=1S/C26H31FN2O3S/c1-4-5-11-28-17-25(33(31,32)20-9-7-6-8-10-20)26(30)21-13-22(27)24(14-23(21)28)29-15-18(2)12-19(3)16-29/h6-10,13-14,17-19H,4-5,11-12,15-16H2,1-3H3/t18-,19+.